The zero-order valence-corrected chi connectivity index (χ0v) is 11.7. The quantitative estimate of drug-likeness (QED) is 0.800. The first-order valence-corrected chi connectivity index (χ1v) is 6.87. The van der Waals surface area contributed by atoms with Crippen LogP contribution in [0.15, 0.2) is 23.0 Å². The summed E-state index contributed by atoms with van der Waals surface area (Å²) in [5.41, 5.74) is 3.21. The van der Waals surface area contributed by atoms with Crippen LogP contribution in [0.25, 0.3) is 11.0 Å². The fourth-order valence-corrected chi connectivity index (χ4v) is 3.04. The van der Waals surface area contributed by atoms with Crippen LogP contribution in [0.4, 0.5) is 0 Å². The highest BCUT2D eigenvalue weighted by Crippen LogP contribution is 2.26. The number of benzene rings is 1. The smallest absolute Gasteiger partial charge is 0.306 e. The van der Waals surface area contributed by atoms with Crippen molar-refractivity contribution in [3.8, 4) is 0 Å². The number of hydrogen-bond acceptors (Lipinski definition) is 2. The Kier molecular flexibility index (Phi) is 3.00. The van der Waals surface area contributed by atoms with Gasteiger partial charge in [0.2, 0.25) is 0 Å². The second-order valence-corrected chi connectivity index (χ2v) is 5.82. The van der Waals surface area contributed by atoms with Gasteiger partial charge in [-0.05, 0) is 37.5 Å². The number of aromatic amines is 1. The largest absolute Gasteiger partial charge is 0.326 e. The standard InChI is InChI=1S/C13H18N3OP/c1-9-2-3-11-12(8-9)16(13(17)14-11)10-4-6-15(18)7-5-10/h2-3,8,10H,4-7,18H2,1H3,(H,14,17). The number of hydrogen-bond donors (Lipinski definition) is 1. The monoisotopic (exact) mass is 263 g/mol. The highest BCUT2D eigenvalue weighted by atomic mass is 31.0. The molecule has 1 fully saturated rings. The number of fused-ring (bicyclic) bond motifs is 1. The number of H-pyrrole nitrogens is 1. The van der Waals surface area contributed by atoms with Crippen molar-refractivity contribution in [1.82, 2.24) is 14.2 Å². The van der Waals surface area contributed by atoms with Gasteiger partial charge in [-0.3, -0.25) is 9.24 Å². The minimum Gasteiger partial charge on any atom is -0.306 e. The van der Waals surface area contributed by atoms with Crippen LogP contribution in [0, 0.1) is 6.92 Å². The molecule has 1 aliphatic heterocycles. The highest BCUT2D eigenvalue weighted by molar-refractivity contribution is 7.13. The maximum absolute atomic E-state index is 12.1. The molecule has 0 saturated carbocycles. The van der Waals surface area contributed by atoms with Crippen LogP contribution < -0.4 is 5.69 Å². The van der Waals surface area contributed by atoms with Crippen molar-refractivity contribution in [2.45, 2.75) is 25.8 Å². The predicted octanol–water partition coefficient (Wildman–Crippen LogP) is 2.07. The molecule has 0 amide bonds. The van der Waals surface area contributed by atoms with Crippen LogP contribution >= 0.6 is 9.39 Å². The van der Waals surface area contributed by atoms with E-state index in [0.717, 1.165) is 37.0 Å². The maximum atomic E-state index is 12.1. The van der Waals surface area contributed by atoms with Gasteiger partial charge in [-0.25, -0.2) is 4.79 Å². The van der Waals surface area contributed by atoms with Gasteiger partial charge in [-0.2, -0.15) is 0 Å². The Morgan fingerprint density at radius 1 is 1.33 bits per heavy atom. The van der Waals surface area contributed by atoms with Gasteiger partial charge >= 0.3 is 5.69 Å². The topological polar surface area (TPSA) is 41.0 Å². The van der Waals surface area contributed by atoms with E-state index in [1.807, 2.05) is 16.7 Å². The molecule has 5 heteroatoms. The normalized spacial score (nSPS) is 18.6. The Hall–Kier alpha value is -1.12. The van der Waals surface area contributed by atoms with Gasteiger partial charge in [0.05, 0.1) is 11.0 Å². The molecule has 1 aromatic heterocycles. The third-order valence-corrected chi connectivity index (χ3v) is 4.25. The molecule has 96 valence electrons. The van der Waals surface area contributed by atoms with Crippen LogP contribution in [-0.2, 0) is 0 Å². The van der Waals surface area contributed by atoms with Crippen molar-refractivity contribution in [3.63, 3.8) is 0 Å². The molecule has 0 aliphatic carbocycles. The van der Waals surface area contributed by atoms with Gasteiger partial charge in [-0.1, -0.05) is 15.5 Å². The summed E-state index contributed by atoms with van der Waals surface area (Å²) < 4.78 is 4.18. The van der Waals surface area contributed by atoms with Crippen LogP contribution in [0.5, 0.6) is 0 Å². The summed E-state index contributed by atoms with van der Waals surface area (Å²) in [6.45, 7) is 4.12. The summed E-state index contributed by atoms with van der Waals surface area (Å²) in [5.74, 6) is 0. The molecule has 0 radical (unpaired) electrons. The molecule has 3 rings (SSSR count). The Bertz CT molecular complexity index is 623. The Morgan fingerprint density at radius 2 is 2.06 bits per heavy atom. The minimum atomic E-state index is 0.0257. The summed E-state index contributed by atoms with van der Waals surface area (Å²) in [6, 6.07) is 6.45. The molecule has 2 aromatic rings. The summed E-state index contributed by atoms with van der Waals surface area (Å²) in [5, 5.41) is 0. The minimum absolute atomic E-state index is 0.0257. The van der Waals surface area contributed by atoms with Crippen molar-refractivity contribution in [2.75, 3.05) is 13.1 Å². The third kappa shape index (κ3) is 2.00. The summed E-state index contributed by atoms with van der Waals surface area (Å²) >= 11 is 0. The van der Waals surface area contributed by atoms with E-state index >= 15 is 0 Å². The molecule has 1 aliphatic rings. The molecule has 1 atom stereocenters. The number of nitrogens with zero attached hydrogens (tertiary/aromatic N) is 2. The van der Waals surface area contributed by atoms with Crippen LogP contribution in [0.3, 0.4) is 0 Å². The van der Waals surface area contributed by atoms with E-state index in [2.05, 4.69) is 32.0 Å². The molecule has 0 bridgehead atoms. The first-order valence-electron chi connectivity index (χ1n) is 6.35. The Labute approximate surface area is 108 Å². The average Bonchev–Trinajstić information content (AvgIpc) is 2.66. The lowest BCUT2D eigenvalue weighted by Gasteiger charge is -2.29. The predicted molar refractivity (Wildman–Crippen MR) is 76.8 cm³/mol. The van der Waals surface area contributed by atoms with Crippen molar-refractivity contribution in [2.24, 2.45) is 0 Å². The lowest BCUT2D eigenvalue weighted by molar-refractivity contribution is 0.290. The molecule has 2 heterocycles. The first kappa shape index (κ1) is 11.9. The highest BCUT2D eigenvalue weighted by Gasteiger charge is 2.21. The van der Waals surface area contributed by atoms with E-state index in [0.29, 0.717) is 6.04 Å². The second-order valence-electron chi connectivity index (χ2n) is 5.09. The lowest BCUT2D eigenvalue weighted by atomic mass is 10.1. The van der Waals surface area contributed by atoms with E-state index in [1.54, 1.807) is 0 Å². The van der Waals surface area contributed by atoms with Gasteiger partial charge in [0.1, 0.15) is 0 Å². The number of nitrogens with one attached hydrogen (secondary N) is 1. The number of aromatic nitrogens is 2. The zero-order valence-electron chi connectivity index (χ0n) is 10.5. The van der Waals surface area contributed by atoms with Crippen molar-refractivity contribution >= 4 is 20.4 Å². The molecular weight excluding hydrogens is 245 g/mol. The summed E-state index contributed by atoms with van der Waals surface area (Å²) in [6.07, 6.45) is 2.06. The van der Waals surface area contributed by atoms with E-state index in [1.165, 1.54) is 5.56 Å². The van der Waals surface area contributed by atoms with Crippen LogP contribution in [-0.4, -0.2) is 27.3 Å². The molecule has 0 spiro atoms. The molecule has 18 heavy (non-hydrogen) atoms. The van der Waals surface area contributed by atoms with Crippen molar-refractivity contribution in [1.29, 1.82) is 0 Å². The zero-order chi connectivity index (χ0) is 12.7. The third-order valence-electron chi connectivity index (χ3n) is 3.74. The van der Waals surface area contributed by atoms with Crippen LogP contribution in [0.1, 0.15) is 24.4 Å². The van der Waals surface area contributed by atoms with Gasteiger partial charge in [0.15, 0.2) is 0 Å². The fourth-order valence-electron chi connectivity index (χ4n) is 2.74. The number of aryl methyl sites for hydroxylation is 1. The van der Waals surface area contributed by atoms with E-state index in [-0.39, 0.29) is 5.69 Å². The van der Waals surface area contributed by atoms with E-state index < -0.39 is 0 Å². The molecule has 4 nitrogen and oxygen atoms in total. The van der Waals surface area contributed by atoms with Gasteiger partial charge in [0.25, 0.3) is 0 Å². The van der Waals surface area contributed by atoms with Crippen molar-refractivity contribution in [3.05, 3.63) is 34.2 Å². The lowest BCUT2D eigenvalue weighted by Crippen LogP contribution is -2.32. The van der Waals surface area contributed by atoms with Gasteiger partial charge < -0.3 is 4.98 Å². The summed E-state index contributed by atoms with van der Waals surface area (Å²) in [4.78, 5) is 15.1. The second kappa shape index (κ2) is 4.52. The summed E-state index contributed by atoms with van der Waals surface area (Å²) in [7, 11) is 2.74. The van der Waals surface area contributed by atoms with Crippen molar-refractivity contribution < 1.29 is 0 Å². The fraction of sp³-hybridized carbons (Fsp3) is 0.462. The Balaban J connectivity index is 2.08. The number of piperidine rings is 1. The average molecular weight is 263 g/mol. The maximum Gasteiger partial charge on any atom is 0.326 e. The molecule has 1 N–H and O–H groups in total. The van der Waals surface area contributed by atoms with Gasteiger partial charge in [-0.15, -0.1) is 0 Å². The molecule has 1 saturated heterocycles. The number of rotatable bonds is 1. The van der Waals surface area contributed by atoms with Crippen LogP contribution in [0.2, 0.25) is 0 Å². The first-order chi connectivity index (χ1) is 8.65. The Morgan fingerprint density at radius 3 is 2.78 bits per heavy atom. The number of imidazole rings is 1. The van der Waals surface area contributed by atoms with E-state index in [4.69, 9.17) is 0 Å². The van der Waals surface area contributed by atoms with Gasteiger partial charge in [0, 0.05) is 19.1 Å². The SMILES string of the molecule is Cc1ccc2[nH]c(=O)n(C3CCN(P)CC3)c2c1. The molecule has 1 unspecified atom stereocenters. The van der Waals surface area contributed by atoms with E-state index in [9.17, 15) is 4.79 Å². The molecule has 1 aromatic carbocycles. The molecular formula is C13H18N3OP.